The molecule has 122 valence electrons. The van der Waals surface area contributed by atoms with Gasteiger partial charge in [0.15, 0.2) is 0 Å². The Kier molecular flexibility index (Phi) is 4.00. The molecule has 0 bridgehead atoms. The van der Waals surface area contributed by atoms with Gasteiger partial charge in [-0.05, 0) is 51.5 Å². The highest BCUT2D eigenvalue weighted by molar-refractivity contribution is 5.42. The van der Waals surface area contributed by atoms with Crippen LogP contribution in [0.3, 0.4) is 0 Å². The topological polar surface area (TPSA) is 62.7 Å². The Balaban J connectivity index is 1.69. The van der Waals surface area contributed by atoms with E-state index in [0.29, 0.717) is 13.1 Å². The molecule has 0 spiro atoms. The van der Waals surface area contributed by atoms with Crippen LogP contribution in [0.5, 0.6) is 0 Å². The smallest absolute Gasteiger partial charge is 0.137 e. The number of aromatic nitrogens is 2. The van der Waals surface area contributed by atoms with Crippen molar-refractivity contribution in [1.29, 1.82) is 0 Å². The number of aryl methyl sites for hydroxylation is 3. The molecular weight excluding hydrogens is 290 g/mol. The second kappa shape index (κ2) is 5.83. The molecule has 1 unspecified atom stereocenters. The van der Waals surface area contributed by atoms with Crippen LogP contribution in [0, 0.1) is 20.8 Å². The Labute approximate surface area is 136 Å². The Morgan fingerprint density at radius 3 is 2.78 bits per heavy atom. The number of hydrogen-bond acceptors (Lipinski definition) is 4. The maximum Gasteiger partial charge on any atom is 0.137 e. The summed E-state index contributed by atoms with van der Waals surface area (Å²) in [6.45, 7) is 8.69. The number of aliphatic hydroxyl groups is 1. The van der Waals surface area contributed by atoms with Crippen LogP contribution in [0.2, 0.25) is 0 Å². The average molecular weight is 313 g/mol. The van der Waals surface area contributed by atoms with E-state index < -0.39 is 5.60 Å². The van der Waals surface area contributed by atoms with Crippen LogP contribution < -0.4 is 5.32 Å². The number of imidazole rings is 1. The SMILES string of the molecule is Cc1ccn2c(CNCC(C)(O)c3cc(C)oc3C)cnc2c1. The first-order valence-electron chi connectivity index (χ1n) is 7.80. The van der Waals surface area contributed by atoms with Crippen LogP contribution in [0.1, 0.15) is 35.3 Å². The van der Waals surface area contributed by atoms with E-state index >= 15 is 0 Å². The lowest BCUT2D eigenvalue weighted by Gasteiger charge is -2.23. The molecular formula is C18H23N3O2. The minimum Gasteiger partial charge on any atom is -0.466 e. The van der Waals surface area contributed by atoms with E-state index in [1.165, 1.54) is 5.56 Å². The summed E-state index contributed by atoms with van der Waals surface area (Å²) in [7, 11) is 0. The van der Waals surface area contributed by atoms with E-state index in [9.17, 15) is 5.11 Å². The summed E-state index contributed by atoms with van der Waals surface area (Å²) in [6, 6.07) is 6.01. The van der Waals surface area contributed by atoms with Crippen LogP contribution >= 0.6 is 0 Å². The maximum absolute atomic E-state index is 10.7. The summed E-state index contributed by atoms with van der Waals surface area (Å²) in [5.41, 5.74) is 3.05. The molecule has 3 aromatic heterocycles. The monoisotopic (exact) mass is 313 g/mol. The first-order chi connectivity index (χ1) is 10.9. The zero-order valence-electron chi connectivity index (χ0n) is 14.1. The van der Waals surface area contributed by atoms with Crippen molar-refractivity contribution in [2.75, 3.05) is 6.54 Å². The van der Waals surface area contributed by atoms with Gasteiger partial charge in [-0.1, -0.05) is 0 Å². The Hall–Kier alpha value is -2.11. The standard InChI is InChI=1S/C18H23N3O2/c1-12-5-6-21-15(10-20-17(21)7-12)9-19-11-18(4,22)16-8-13(2)23-14(16)3/h5-8,10,19,22H,9,11H2,1-4H3. The minimum atomic E-state index is -0.973. The Morgan fingerprint density at radius 2 is 2.09 bits per heavy atom. The molecule has 0 aliphatic heterocycles. The van der Waals surface area contributed by atoms with Gasteiger partial charge in [-0.3, -0.25) is 0 Å². The van der Waals surface area contributed by atoms with Crippen LogP contribution in [-0.4, -0.2) is 21.0 Å². The van der Waals surface area contributed by atoms with Crippen molar-refractivity contribution in [2.24, 2.45) is 0 Å². The van der Waals surface area contributed by atoms with Gasteiger partial charge in [-0.15, -0.1) is 0 Å². The molecule has 0 aromatic carbocycles. The molecule has 3 aromatic rings. The third-order valence-electron chi connectivity index (χ3n) is 4.14. The molecule has 5 nitrogen and oxygen atoms in total. The maximum atomic E-state index is 10.7. The van der Waals surface area contributed by atoms with Gasteiger partial charge in [0, 0.05) is 24.8 Å². The van der Waals surface area contributed by atoms with Crippen molar-refractivity contribution >= 4 is 5.65 Å². The van der Waals surface area contributed by atoms with Gasteiger partial charge in [-0.2, -0.15) is 0 Å². The highest BCUT2D eigenvalue weighted by Crippen LogP contribution is 2.26. The number of nitrogens with zero attached hydrogens (tertiary/aromatic N) is 2. The fourth-order valence-electron chi connectivity index (χ4n) is 2.96. The number of pyridine rings is 1. The van der Waals surface area contributed by atoms with Gasteiger partial charge in [0.25, 0.3) is 0 Å². The summed E-state index contributed by atoms with van der Waals surface area (Å²) >= 11 is 0. The van der Waals surface area contributed by atoms with Gasteiger partial charge in [0.05, 0.1) is 11.9 Å². The molecule has 0 fully saturated rings. The van der Waals surface area contributed by atoms with Crippen LogP contribution in [-0.2, 0) is 12.1 Å². The third-order valence-corrected chi connectivity index (χ3v) is 4.14. The molecule has 0 saturated heterocycles. The average Bonchev–Trinajstić information content (AvgIpc) is 3.02. The van der Waals surface area contributed by atoms with Crippen LogP contribution in [0.4, 0.5) is 0 Å². The lowest BCUT2D eigenvalue weighted by Crippen LogP contribution is -2.35. The molecule has 0 radical (unpaired) electrons. The number of rotatable bonds is 5. The van der Waals surface area contributed by atoms with Crippen molar-refractivity contribution in [1.82, 2.24) is 14.7 Å². The van der Waals surface area contributed by atoms with E-state index in [2.05, 4.69) is 33.8 Å². The fraction of sp³-hybridized carbons (Fsp3) is 0.389. The minimum absolute atomic E-state index is 0.436. The van der Waals surface area contributed by atoms with Crippen molar-refractivity contribution < 1.29 is 9.52 Å². The molecule has 5 heteroatoms. The lowest BCUT2D eigenvalue weighted by molar-refractivity contribution is 0.0551. The van der Waals surface area contributed by atoms with Gasteiger partial charge < -0.3 is 19.2 Å². The highest BCUT2D eigenvalue weighted by atomic mass is 16.3. The molecule has 3 heterocycles. The summed E-state index contributed by atoms with van der Waals surface area (Å²) in [5, 5.41) is 14.0. The normalized spacial score (nSPS) is 14.3. The summed E-state index contributed by atoms with van der Waals surface area (Å²) in [5.74, 6) is 1.58. The molecule has 1 atom stereocenters. The molecule has 23 heavy (non-hydrogen) atoms. The van der Waals surface area contributed by atoms with Gasteiger partial charge >= 0.3 is 0 Å². The van der Waals surface area contributed by atoms with Crippen molar-refractivity contribution in [3.05, 3.63) is 58.9 Å². The number of fused-ring (bicyclic) bond motifs is 1. The molecule has 0 amide bonds. The summed E-state index contributed by atoms with van der Waals surface area (Å²) < 4.78 is 7.58. The van der Waals surface area contributed by atoms with E-state index in [0.717, 1.165) is 28.4 Å². The lowest BCUT2D eigenvalue weighted by atomic mass is 9.96. The Morgan fingerprint density at radius 1 is 1.30 bits per heavy atom. The summed E-state index contributed by atoms with van der Waals surface area (Å²) in [6.07, 6.45) is 3.89. The quantitative estimate of drug-likeness (QED) is 0.760. The number of nitrogens with one attached hydrogen (secondary N) is 1. The van der Waals surface area contributed by atoms with Crippen LogP contribution in [0.25, 0.3) is 5.65 Å². The number of furan rings is 1. The second-order valence-corrected chi connectivity index (χ2v) is 6.39. The predicted molar refractivity (Wildman–Crippen MR) is 89.4 cm³/mol. The van der Waals surface area contributed by atoms with Gasteiger partial charge in [0.2, 0.25) is 0 Å². The largest absolute Gasteiger partial charge is 0.466 e. The van der Waals surface area contributed by atoms with E-state index in [1.807, 2.05) is 32.3 Å². The van der Waals surface area contributed by atoms with Crippen molar-refractivity contribution in [2.45, 2.75) is 39.8 Å². The van der Waals surface area contributed by atoms with E-state index in [4.69, 9.17) is 4.42 Å². The highest BCUT2D eigenvalue weighted by Gasteiger charge is 2.27. The van der Waals surface area contributed by atoms with E-state index in [1.54, 1.807) is 6.92 Å². The zero-order chi connectivity index (χ0) is 16.6. The van der Waals surface area contributed by atoms with Gasteiger partial charge in [0.1, 0.15) is 22.8 Å². The molecule has 3 rings (SSSR count). The third kappa shape index (κ3) is 3.16. The van der Waals surface area contributed by atoms with E-state index in [-0.39, 0.29) is 0 Å². The van der Waals surface area contributed by atoms with Crippen LogP contribution in [0.15, 0.2) is 35.0 Å². The number of hydrogen-bond donors (Lipinski definition) is 2. The summed E-state index contributed by atoms with van der Waals surface area (Å²) in [4.78, 5) is 4.42. The van der Waals surface area contributed by atoms with Gasteiger partial charge in [-0.25, -0.2) is 4.98 Å². The molecule has 0 aliphatic carbocycles. The zero-order valence-corrected chi connectivity index (χ0v) is 14.1. The van der Waals surface area contributed by atoms with Crippen molar-refractivity contribution in [3.63, 3.8) is 0 Å². The second-order valence-electron chi connectivity index (χ2n) is 6.39. The predicted octanol–water partition coefficient (Wildman–Crippen LogP) is 2.85. The molecule has 0 saturated carbocycles. The Bertz CT molecular complexity index is 830. The molecule has 0 aliphatic rings. The first-order valence-corrected chi connectivity index (χ1v) is 7.80. The fourth-order valence-corrected chi connectivity index (χ4v) is 2.96. The first kappa shape index (κ1) is 15.8. The van der Waals surface area contributed by atoms with Crippen molar-refractivity contribution in [3.8, 4) is 0 Å². The molecule has 2 N–H and O–H groups in total.